The highest BCUT2D eigenvalue weighted by Gasteiger charge is 2.19. The number of aromatic nitrogens is 2. The van der Waals surface area contributed by atoms with Crippen LogP contribution < -0.4 is 10.6 Å². The molecule has 23 heavy (non-hydrogen) atoms. The monoisotopic (exact) mass is 338 g/mol. The van der Waals surface area contributed by atoms with Crippen molar-refractivity contribution in [2.45, 2.75) is 32.9 Å². The van der Waals surface area contributed by atoms with Crippen LogP contribution >= 0.6 is 12.4 Å². The van der Waals surface area contributed by atoms with Gasteiger partial charge in [-0.1, -0.05) is 6.07 Å². The second-order valence-corrected chi connectivity index (χ2v) is 5.72. The summed E-state index contributed by atoms with van der Waals surface area (Å²) < 4.78 is 16.2. The molecular weight excluding hydrogens is 319 g/mol. The van der Waals surface area contributed by atoms with Crippen LogP contribution in [0.25, 0.3) is 0 Å². The topological polar surface area (TPSA) is 59.0 Å². The molecule has 1 aromatic heterocycles. The molecule has 2 heterocycles. The van der Waals surface area contributed by atoms with Crippen molar-refractivity contribution < 1.29 is 9.18 Å². The summed E-state index contributed by atoms with van der Waals surface area (Å²) in [4.78, 5) is 12.2. The minimum absolute atomic E-state index is 0. The minimum Gasteiger partial charge on any atom is -0.318 e. The van der Waals surface area contributed by atoms with Crippen molar-refractivity contribution in [3.05, 3.63) is 47.0 Å². The Morgan fingerprint density at radius 3 is 2.87 bits per heavy atom. The molecule has 0 fully saturated rings. The maximum absolute atomic E-state index is 14.5. The lowest BCUT2D eigenvalue weighted by Crippen LogP contribution is -2.25. The summed E-state index contributed by atoms with van der Waals surface area (Å²) in [6, 6.07) is 5.27. The van der Waals surface area contributed by atoms with Gasteiger partial charge in [-0.25, -0.2) is 4.39 Å². The second-order valence-electron chi connectivity index (χ2n) is 5.72. The number of hydrogen-bond acceptors (Lipinski definition) is 3. The largest absolute Gasteiger partial charge is 0.318 e. The molecule has 3 rings (SSSR count). The van der Waals surface area contributed by atoms with E-state index in [0.717, 1.165) is 12.1 Å². The van der Waals surface area contributed by atoms with E-state index < -0.39 is 5.91 Å². The van der Waals surface area contributed by atoms with Crippen LogP contribution in [0.15, 0.2) is 24.4 Å². The van der Waals surface area contributed by atoms with Crippen LogP contribution in [0.3, 0.4) is 0 Å². The van der Waals surface area contributed by atoms with Gasteiger partial charge in [0, 0.05) is 18.8 Å². The molecule has 1 amide bonds. The Bertz CT molecular complexity index is 714. The normalized spacial score (nSPS) is 13.4. The van der Waals surface area contributed by atoms with Gasteiger partial charge in [0.25, 0.3) is 5.91 Å². The molecule has 0 bridgehead atoms. The zero-order valence-electron chi connectivity index (χ0n) is 13.1. The van der Waals surface area contributed by atoms with Gasteiger partial charge < -0.3 is 10.6 Å². The number of nitrogens with zero attached hydrogens (tertiary/aromatic N) is 2. The summed E-state index contributed by atoms with van der Waals surface area (Å²) >= 11 is 0. The third-order valence-electron chi connectivity index (χ3n) is 3.83. The Balaban J connectivity index is 0.00000192. The maximum Gasteiger partial charge on any atom is 0.276 e. The van der Waals surface area contributed by atoms with Crippen molar-refractivity contribution >= 4 is 24.0 Å². The summed E-state index contributed by atoms with van der Waals surface area (Å²) in [5, 5.41) is 10.0. The van der Waals surface area contributed by atoms with Crippen molar-refractivity contribution in [3.63, 3.8) is 0 Å². The molecule has 0 atom stereocenters. The molecule has 0 saturated heterocycles. The minimum atomic E-state index is -0.396. The number of hydrogen-bond donors (Lipinski definition) is 2. The number of halogens is 2. The van der Waals surface area contributed by atoms with Gasteiger partial charge in [0.1, 0.15) is 5.82 Å². The number of amides is 1. The van der Waals surface area contributed by atoms with Crippen molar-refractivity contribution in [2.24, 2.45) is 0 Å². The lowest BCUT2D eigenvalue weighted by molar-refractivity contribution is 0.102. The number of benzene rings is 1. The van der Waals surface area contributed by atoms with Gasteiger partial charge in [0.05, 0.1) is 5.69 Å². The first kappa shape index (κ1) is 17.4. The molecule has 0 aliphatic carbocycles. The van der Waals surface area contributed by atoms with E-state index in [1.54, 1.807) is 23.0 Å². The highest BCUT2D eigenvalue weighted by molar-refractivity contribution is 6.02. The summed E-state index contributed by atoms with van der Waals surface area (Å²) in [6.45, 7) is 5.37. The highest BCUT2D eigenvalue weighted by Crippen LogP contribution is 2.24. The molecule has 1 aliphatic rings. The first-order valence-electron chi connectivity index (χ1n) is 7.43. The molecule has 5 nitrogen and oxygen atoms in total. The Morgan fingerprint density at radius 1 is 1.39 bits per heavy atom. The van der Waals surface area contributed by atoms with E-state index in [0.29, 0.717) is 18.5 Å². The lowest BCUT2D eigenvalue weighted by Gasteiger charge is -2.19. The van der Waals surface area contributed by atoms with E-state index in [-0.39, 0.29) is 35.6 Å². The number of carbonyl (C=O) groups excluding carboxylic acids is 1. The molecule has 0 radical (unpaired) electrons. The summed E-state index contributed by atoms with van der Waals surface area (Å²) in [6.07, 6.45) is 2.38. The molecule has 1 aromatic carbocycles. The van der Waals surface area contributed by atoms with Crippen molar-refractivity contribution in [1.29, 1.82) is 0 Å². The molecule has 0 spiro atoms. The highest BCUT2D eigenvalue weighted by atomic mass is 35.5. The fourth-order valence-corrected chi connectivity index (χ4v) is 2.56. The van der Waals surface area contributed by atoms with Gasteiger partial charge in [-0.2, -0.15) is 5.10 Å². The fraction of sp³-hybridized carbons (Fsp3) is 0.375. The quantitative estimate of drug-likeness (QED) is 0.904. The van der Waals surface area contributed by atoms with E-state index >= 15 is 0 Å². The smallest absolute Gasteiger partial charge is 0.276 e. The van der Waals surface area contributed by atoms with Gasteiger partial charge in [-0.05, 0) is 50.1 Å². The van der Waals surface area contributed by atoms with Crippen LogP contribution in [0.5, 0.6) is 0 Å². The first-order chi connectivity index (χ1) is 10.6. The molecule has 124 valence electrons. The lowest BCUT2D eigenvalue weighted by atomic mass is 9.99. The SMILES string of the molecule is CC(C)n1ccc(C(=O)Nc2ccc3c(c2F)CCNC3)n1.Cl. The van der Waals surface area contributed by atoms with Crippen molar-refractivity contribution in [3.8, 4) is 0 Å². The van der Waals surface area contributed by atoms with E-state index in [4.69, 9.17) is 0 Å². The predicted molar refractivity (Wildman–Crippen MR) is 89.6 cm³/mol. The molecule has 0 unspecified atom stereocenters. The van der Waals surface area contributed by atoms with Crippen LogP contribution in [0, 0.1) is 5.82 Å². The molecule has 0 saturated carbocycles. The Morgan fingerprint density at radius 2 is 2.17 bits per heavy atom. The molecule has 1 aliphatic heterocycles. The van der Waals surface area contributed by atoms with Crippen LogP contribution in [0.1, 0.15) is 41.5 Å². The van der Waals surface area contributed by atoms with E-state index in [9.17, 15) is 9.18 Å². The number of anilines is 1. The molecular formula is C16H20ClFN4O. The zero-order valence-corrected chi connectivity index (χ0v) is 13.9. The average Bonchev–Trinajstić information content (AvgIpc) is 3.00. The second kappa shape index (κ2) is 7.10. The van der Waals surface area contributed by atoms with Gasteiger partial charge in [0.15, 0.2) is 5.69 Å². The van der Waals surface area contributed by atoms with Crippen molar-refractivity contribution in [2.75, 3.05) is 11.9 Å². The first-order valence-corrected chi connectivity index (χ1v) is 7.43. The van der Waals surface area contributed by atoms with Gasteiger partial charge in [0.2, 0.25) is 0 Å². The third kappa shape index (κ3) is 3.54. The number of nitrogens with one attached hydrogen (secondary N) is 2. The molecule has 2 aromatic rings. The fourth-order valence-electron chi connectivity index (χ4n) is 2.56. The molecule has 2 N–H and O–H groups in total. The zero-order chi connectivity index (χ0) is 15.7. The van der Waals surface area contributed by atoms with Crippen LogP contribution in [-0.4, -0.2) is 22.2 Å². The van der Waals surface area contributed by atoms with Crippen LogP contribution in [-0.2, 0) is 13.0 Å². The molecule has 7 heteroatoms. The van der Waals surface area contributed by atoms with Gasteiger partial charge >= 0.3 is 0 Å². The predicted octanol–water partition coefficient (Wildman–Crippen LogP) is 2.92. The summed E-state index contributed by atoms with van der Waals surface area (Å²) in [5.74, 6) is -0.733. The van der Waals surface area contributed by atoms with E-state index in [1.165, 1.54) is 0 Å². The van der Waals surface area contributed by atoms with E-state index in [2.05, 4.69) is 15.7 Å². The van der Waals surface area contributed by atoms with Crippen LogP contribution in [0.2, 0.25) is 0 Å². The average molecular weight is 339 g/mol. The third-order valence-corrected chi connectivity index (χ3v) is 3.83. The van der Waals surface area contributed by atoms with Crippen molar-refractivity contribution in [1.82, 2.24) is 15.1 Å². The summed E-state index contributed by atoms with van der Waals surface area (Å²) in [5.41, 5.74) is 2.13. The Labute approximate surface area is 140 Å². The standard InChI is InChI=1S/C16H19FN4O.ClH/c1-10(2)21-8-6-14(20-21)16(22)19-13-4-3-11-9-18-7-5-12(11)15(13)17;/h3-4,6,8,10,18H,5,7,9H2,1-2H3,(H,19,22);1H. The Hall–Kier alpha value is -1.92. The number of carbonyl (C=O) groups is 1. The number of rotatable bonds is 3. The summed E-state index contributed by atoms with van der Waals surface area (Å²) in [7, 11) is 0. The van der Waals surface area contributed by atoms with Gasteiger partial charge in [-0.15, -0.1) is 12.4 Å². The number of fused-ring (bicyclic) bond motifs is 1. The Kier molecular flexibility index (Phi) is 5.38. The van der Waals surface area contributed by atoms with Crippen LogP contribution in [0.4, 0.5) is 10.1 Å². The maximum atomic E-state index is 14.5. The van der Waals surface area contributed by atoms with Gasteiger partial charge in [-0.3, -0.25) is 9.48 Å². The van der Waals surface area contributed by atoms with E-state index in [1.807, 2.05) is 19.9 Å².